The van der Waals surface area contributed by atoms with Crippen LogP contribution < -0.4 is 5.32 Å². The minimum absolute atomic E-state index is 0.00385. The van der Waals surface area contributed by atoms with Crippen molar-refractivity contribution in [2.45, 2.75) is 379 Å². The first kappa shape index (κ1) is 71.3. The first-order valence-electron chi connectivity index (χ1n) is 33.1. The third-order valence-electron chi connectivity index (χ3n) is 15.5. The second-order valence-electron chi connectivity index (χ2n) is 22.8. The standard InChI is InChI=1S/C67H129NO5/c1-3-5-7-9-11-13-15-17-32-35-39-43-47-51-55-59-65(70)64(63-69)68-66(71)60-56-52-48-44-40-36-33-30-28-26-24-22-20-19-21-23-25-27-29-31-34-38-42-46-50-54-58-62-73-67(72)61-57-53-49-45-41-37-18-16-14-12-10-8-6-4-2/h10,12,16,18,64-65,69-70H,3-9,11,13-15,17,19-63H2,1-2H3,(H,68,71)/b12-10-,18-16-. The van der Waals surface area contributed by atoms with E-state index < -0.39 is 12.1 Å². The Morgan fingerprint density at radius 3 is 1.08 bits per heavy atom. The van der Waals surface area contributed by atoms with Crippen molar-refractivity contribution in [3.8, 4) is 0 Å². The van der Waals surface area contributed by atoms with E-state index in [1.807, 2.05) is 0 Å². The van der Waals surface area contributed by atoms with Gasteiger partial charge in [-0.25, -0.2) is 0 Å². The predicted octanol–water partition coefficient (Wildman–Crippen LogP) is 21.0. The van der Waals surface area contributed by atoms with Crippen LogP contribution in [-0.4, -0.2) is 47.4 Å². The molecule has 6 nitrogen and oxygen atoms in total. The second-order valence-corrected chi connectivity index (χ2v) is 22.8. The van der Waals surface area contributed by atoms with Gasteiger partial charge in [0.15, 0.2) is 0 Å². The summed E-state index contributed by atoms with van der Waals surface area (Å²) >= 11 is 0. The molecule has 3 N–H and O–H groups in total. The van der Waals surface area contributed by atoms with E-state index in [1.54, 1.807) is 0 Å². The number of carbonyl (C=O) groups is 2. The highest BCUT2D eigenvalue weighted by molar-refractivity contribution is 5.76. The van der Waals surface area contributed by atoms with Crippen molar-refractivity contribution in [1.82, 2.24) is 5.32 Å². The fraction of sp³-hybridized carbons (Fsp3) is 0.910. The first-order valence-corrected chi connectivity index (χ1v) is 33.1. The van der Waals surface area contributed by atoms with E-state index in [1.165, 1.54) is 283 Å². The van der Waals surface area contributed by atoms with E-state index >= 15 is 0 Å². The van der Waals surface area contributed by atoms with E-state index in [2.05, 4.69) is 43.5 Å². The van der Waals surface area contributed by atoms with Crippen LogP contribution in [0.15, 0.2) is 24.3 Å². The quantitative estimate of drug-likeness (QED) is 0.0320. The van der Waals surface area contributed by atoms with Crippen LogP contribution >= 0.6 is 0 Å². The Balaban J connectivity index is 3.34. The van der Waals surface area contributed by atoms with Gasteiger partial charge in [0.25, 0.3) is 0 Å². The highest BCUT2D eigenvalue weighted by atomic mass is 16.5. The summed E-state index contributed by atoms with van der Waals surface area (Å²) in [5.74, 6) is -0.0260. The largest absolute Gasteiger partial charge is 0.466 e. The van der Waals surface area contributed by atoms with Gasteiger partial charge in [-0.3, -0.25) is 9.59 Å². The summed E-state index contributed by atoms with van der Waals surface area (Å²) in [5, 5.41) is 23.3. The van der Waals surface area contributed by atoms with Gasteiger partial charge in [0.05, 0.1) is 25.4 Å². The van der Waals surface area contributed by atoms with Crippen LogP contribution in [0.4, 0.5) is 0 Å². The van der Waals surface area contributed by atoms with Crippen LogP contribution in [0.2, 0.25) is 0 Å². The van der Waals surface area contributed by atoms with Gasteiger partial charge < -0.3 is 20.3 Å². The molecule has 0 aliphatic heterocycles. The van der Waals surface area contributed by atoms with E-state index in [4.69, 9.17) is 4.74 Å². The van der Waals surface area contributed by atoms with Gasteiger partial charge in [0, 0.05) is 12.8 Å². The first-order chi connectivity index (χ1) is 36.0. The van der Waals surface area contributed by atoms with Gasteiger partial charge in [0.1, 0.15) is 0 Å². The maximum atomic E-state index is 12.5. The average Bonchev–Trinajstić information content (AvgIpc) is 3.39. The molecular formula is C67H129NO5. The fourth-order valence-electron chi connectivity index (χ4n) is 10.4. The average molecular weight is 1030 g/mol. The lowest BCUT2D eigenvalue weighted by Crippen LogP contribution is -2.45. The molecule has 1 amide bonds. The summed E-state index contributed by atoms with van der Waals surface area (Å²) in [6, 6.07) is -0.539. The lowest BCUT2D eigenvalue weighted by Gasteiger charge is -2.22. The topological polar surface area (TPSA) is 95.9 Å². The Labute approximate surface area is 456 Å². The van der Waals surface area contributed by atoms with Crippen LogP contribution in [0.3, 0.4) is 0 Å². The number of hydrogen-bond donors (Lipinski definition) is 3. The Morgan fingerprint density at radius 1 is 0.384 bits per heavy atom. The molecule has 0 radical (unpaired) electrons. The number of esters is 1. The number of allylic oxidation sites excluding steroid dienone is 4. The SMILES string of the molecule is CCCC/C=C\C/C=C\CCCCCCCC(=O)OCCCCCCCCCCCCCCCCCCCCCCCCCCCCCC(=O)NC(CO)C(O)CCCCCCCCCCCCCCCCC. The molecule has 432 valence electrons. The number of aliphatic hydroxyl groups excluding tert-OH is 2. The normalized spacial score (nSPS) is 12.7. The molecule has 0 aromatic rings. The third kappa shape index (κ3) is 59.4. The second kappa shape index (κ2) is 62.9. The number of carbonyl (C=O) groups excluding carboxylic acids is 2. The van der Waals surface area contributed by atoms with Crippen molar-refractivity contribution < 1.29 is 24.5 Å². The zero-order valence-electron chi connectivity index (χ0n) is 49.4. The van der Waals surface area contributed by atoms with Gasteiger partial charge in [-0.05, 0) is 51.4 Å². The monoisotopic (exact) mass is 1030 g/mol. The maximum Gasteiger partial charge on any atom is 0.305 e. The molecular weight excluding hydrogens is 899 g/mol. The molecule has 0 spiro atoms. The molecule has 2 atom stereocenters. The highest BCUT2D eigenvalue weighted by Crippen LogP contribution is 2.19. The molecule has 73 heavy (non-hydrogen) atoms. The molecule has 0 fully saturated rings. The summed E-state index contributed by atoms with van der Waals surface area (Å²) in [6.45, 7) is 4.93. The van der Waals surface area contributed by atoms with Crippen LogP contribution in [0.5, 0.6) is 0 Å². The van der Waals surface area contributed by atoms with Crippen molar-refractivity contribution in [3.63, 3.8) is 0 Å². The number of rotatable bonds is 62. The molecule has 0 aliphatic carbocycles. The Morgan fingerprint density at radius 2 is 0.699 bits per heavy atom. The van der Waals surface area contributed by atoms with Crippen LogP contribution in [0, 0.1) is 0 Å². The molecule has 0 aliphatic rings. The number of aliphatic hydroxyl groups is 2. The molecule has 0 bridgehead atoms. The number of unbranched alkanes of at least 4 members (excludes halogenated alkanes) is 47. The van der Waals surface area contributed by atoms with Crippen LogP contribution in [-0.2, 0) is 14.3 Å². The summed E-state index contributed by atoms with van der Waals surface area (Å²) in [7, 11) is 0. The highest BCUT2D eigenvalue weighted by Gasteiger charge is 2.20. The predicted molar refractivity (Wildman–Crippen MR) is 320 cm³/mol. The zero-order chi connectivity index (χ0) is 52.9. The van der Waals surface area contributed by atoms with E-state index in [0.29, 0.717) is 25.9 Å². The molecule has 0 aromatic heterocycles. The Bertz CT molecular complexity index is 1140. The number of amides is 1. The fourth-order valence-corrected chi connectivity index (χ4v) is 10.4. The molecule has 0 rings (SSSR count). The maximum absolute atomic E-state index is 12.5. The summed E-state index contributed by atoms with van der Waals surface area (Å²) < 4.78 is 5.48. The van der Waals surface area contributed by atoms with Gasteiger partial charge in [-0.2, -0.15) is 0 Å². The molecule has 6 heteroatoms. The van der Waals surface area contributed by atoms with Crippen molar-refractivity contribution in [2.24, 2.45) is 0 Å². The summed E-state index contributed by atoms with van der Waals surface area (Å²) in [5.41, 5.74) is 0. The molecule has 0 aromatic carbocycles. The van der Waals surface area contributed by atoms with Crippen molar-refractivity contribution in [2.75, 3.05) is 13.2 Å². The Kier molecular flexibility index (Phi) is 61.4. The minimum atomic E-state index is -0.662. The molecule has 2 unspecified atom stereocenters. The summed E-state index contributed by atoms with van der Waals surface area (Å²) in [6.07, 6.45) is 77.8. The van der Waals surface area contributed by atoms with Gasteiger partial charge in [-0.15, -0.1) is 0 Å². The van der Waals surface area contributed by atoms with Gasteiger partial charge in [-0.1, -0.05) is 327 Å². The van der Waals surface area contributed by atoms with Crippen LogP contribution in [0.25, 0.3) is 0 Å². The molecule has 0 saturated heterocycles. The van der Waals surface area contributed by atoms with Crippen molar-refractivity contribution in [1.29, 1.82) is 0 Å². The van der Waals surface area contributed by atoms with E-state index in [-0.39, 0.29) is 18.5 Å². The van der Waals surface area contributed by atoms with Crippen molar-refractivity contribution >= 4 is 11.9 Å². The van der Waals surface area contributed by atoms with Gasteiger partial charge >= 0.3 is 5.97 Å². The summed E-state index contributed by atoms with van der Waals surface area (Å²) in [4.78, 5) is 24.5. The lowest BCUT2D eigenvalue weighted by molar-refractivity contribution is -0.143. The van der Waals surface area contributed by atoms with Crippen molar-refractivity contribution in [3.05, 3.63) is 24.3 Å². The van der Waals surface area contributed by atoms with E-state index in [9.17, 15) is 19.8 Å². The molecule has 0 heterocycles. The van der Waals surface area contributed by atoms with E-state index in [0.717, 1.165) is 51.4 Å². The van der Waals surface area contributed by atoms with Gasteiger partial charge in [0.2, 0.25) is 5.91 Å². The zero-order valence-corrected chi connectivity index (χ0v) is 49.4. The minimum Gasteiger partial charge on any atom is -0.466 e. The smallest absolute Gasteiger partial charge is 0.305 e. The third-order valence-corrected chi connectivity index (χ3v) is 15.5. The lowest BCUT2D eigenvalue weighted by atomic mass is 10.0. The number of ether oxygens (including phenoxy) is 1. The molecule has 0 saturated carbocycles. The number of hydrogen-bond acceptors (Lipinski definition) is 5. The Hall–Kier alpha value is -1.66. The number of nitrogens with one attached hydrogen (secondary N) is 1. The van der Waals surface area contributed by atoms with Crippen LogP contribution in [0.1, 0.15) is 367 Å².